The molecule has 0 saturated carbocycles. The van der Waals surface area contributed by atoms with Gasteiger partial charge in [0.2, 0.25) is 5.91 Å². The van der Waals surface area contributed by atoms with Gasteiger partial charge >= 0.3 is 0 Å². The van der Waals surface area contributed by atoms with Gasteiger partial charge < -0.3 is 20.0 Å². The third kappa shape index (κ3) is 5.76. The standard InChI is InChI=1S/C22H24Cl2N4O3/c1-13-20(27-14(2)31-13)6-8-28-7-5-19(24)18(22(28)30)10-21(29)26-12-16-9-17(23)4-3-15(16)11-25/h3-5,7,9H,6,8,10-12,25H2,1-2H3,(H,26,29). The van der Waals surface area contributed by atoms with Crippen molar-refractivity contribution in [3.05, 3.63) is 84.9 Å². The summed E-state index contributed by atoms with van der Waals surface area (Å²) >= 11 is 12.3. The first-order chi connectivity index (χ1) is 14.8. The normalized spacial score (nSPS) is 11.0. The van der Waals surface area contributed by atoms with Crippen LogP contribution in [0.15, 0.2) is 39.7 Å². The van der Waals surface area contributed by atoms with Crippen molar-refractivity contribution in [2.75, 3.05) is 0 Å². The minimum absolute atomic E-state index is 0.126. The van der Waals surface area contributed by atoms with Crippen molar-refractivity contribution in [1.82, 2.24) is 14.9 Å². The maximum atomic E-state index is 12.9. The summed E-state index contributed by atoms with van der Waals surface area (Å²) in [7, 11) is 0. The molecule has 0 bridgehead atoms. The number of carbonyl (C=O) groups excluding carboxylic acids is 1. The van der Waals surface area contributed by atoms with Gasteiger partial charge in [-0.25, -0.2) is 4.98 Å². The molecule has 0 aliphatic rings. The Balaban J connectivity index is 1.69. The lowest BCUT2D eigenvalue weighted by molar-refractivity contribution is -0.120. The number of aromatic nitrogens is 2. The molecule has 1 amide bonds. The van der Waals surface area contributed by atoms with E-state index in [1.54, 1.807) is 31.3 Å². The number of nitrogens with zero attached hydrogens (tertiary/aromatic N) is 2. The van der Waals surface area contributed by atoms with Gasteiger partial charge in [-0.05, 0) is 36.2 Å². The monoisotopic (exact) mass is 462 g/mol. The maximum Gasteiger partial charge on any atom is 0.255 e. The van der Waals surface area contributed by atoms with E-state index in [9.17, 15) is 9.59 Å². The number of pyridine rings is 1. The molecule has 31 heavy (non-hydrogen) atoms. The Morgan fingerprint density at radius 1 is 1.23 bits per heavy atom. The van der Waals surface area contributed by atoms with Crippen LogP contribution < -0.4 is 16.6 Å². The Labute approximate surface area is 190 Å². The highest BCUT2D eigenvalue weighted by atomic mass is 35.5. The molecule has 3 rings (SSSR count). The predicted octanol–water partition coefficient (Wildman–Crippen LogP) is 3.32. The van der Waals surface area contributed by atoms with Gasteiger partial charge in [0.25, 0.3) is 5.56 Å². The predicted molar refractivity (Wildman–Crippen MR) is 120 cm³/mol. The average Bonchev–Trinajstić information content (AvgIpc) is 3.06. The summed E-state index contributed by atoms with van der Waals surface area (Å²) in [5.41, 5.74) is 8.22. The molecule has 3 N–H and O–H groups in total. The van der Waals surface area contributed by atoms with Gasteiger partial charge in [0.1, 0.15) is 5.76 Å². The van der Waals surface area contributed by atoms with Gasteiger partial charge in [0, 0.05) is 49.8 Å². The number of amides is 1. The van der Waals surface area contributed by atoms with Crippen LogP contribution in [-0.2, 0) is 37.3 Å². The Morgan fingerprint density at radius 2 is 2.00 bits per heavy atom. The van der Waals surface area contributed by atoms with Crippen LogP contribution in [0.4, 0.5) is 0 Å². The molecule has 9 heteroatoms. The van der Waals surface area contributed by atoms with E-state index >= 15 is 0 Å². The number of rotatable bonds is 8. The van der Waals surface area contributed by atoms with Crippen molar-refractivity contribution in [2.45, 2.75) is 46.3 Å². The zero-order valence-corrected chi connectivity index (χ0v) is 18.9. The molecule has 2 heterocycles. The first-order valence-electron chi connectivity index (χ1n) is 9.83. The Kier molecular flexibility index (Phi) is 7.54. The van der Waals surface area contributed by atoms with E-state index in [4.69, 9.17) is 33.4 Å². The molecule has 0 aliphatic carbocycles. The topological polar surface area (TPSA) is 103 Å². The minimum Gasteiger partial charge on any atom is -0.446 e. The zero-order valence-electron chi connectivity index (χ0n) is 17.4. The quantitative estimate of drug-likeness (QED) is 0.534. The zero-order chi connectivity index (χ0) is 22.5. The number of halogens is 2. The number of carbonyl (C=O) groups is 1. The molecule has 164 valence electrons. The molecular weight excluding hydrogens is 439 g/mol. The fraction of sp³-hybridized carbons (Fsp3) is 0.318. The van der Waals surface area contributed by atoms with Gasteiger partial charge in [0.15, 0.2) is 5.89 Å². The Bertz CT molecular complexity index is 1150. The summed E-state index contributed by atoms with van der Waals surface area (Å²) in [6.45, 7) is 4.62. The van der Waals surface area contributed by atoms with Gasteiger partial charge in [0.05, 0.1) is 17.1 Å². The van der Waals surface area contributed by atoms with Gasteiger partial charge in [-0.1, -0.05) is 29.3 Å². The fourth-order valence-electron chi connectivity index (χ4n) is 3.34. The Hall–Kier alpha value is -2.61. The summed E-state index contributed by atoms with van der Waals surface area (Å²) in [5, 5.41) is 3.63. The molecule has 0 unspecified atom stereocenters. The molecule has 2 aromatic heterocycles. The molecule has 0 aliphatic heterocycles. The SMILES string of the molecule is Cc1nc(CCn2ccc(Cl)c(CC(=O)NCc3cc(Cl)ccc3CN)c2=O)c(C)o1. The van der Waals surface area contributed by atoms with Crippen LogP contribution in [-0.4, -0.2) is 15.5 Å². The number of nitrogens with two attached hydrogens (primary N) is 1. The lowest BCUT2D eigenvalue weighted by Crippen LogP contribution is -2.31. The first kappa shape index (κ1) is 23.1. The summed E-state index contributed by atoms with van der Waals surface area (Å²) in [4.78, 5) is 29.7. The second-order valence-corrected chi connectivity index (χ2v) is 8.04. The van der Waals surface area contributed by atoms with Crippen LogP contribution in [0.5, 0.6) is 0 Å². The van der Waals surface area contributed by atoms with Crippen molar-refractivity contribution in [3.63, 3.8) is 0 Å². The molecule has 0 spiro atoms. The summed E-state index contributed by atoms with van der Waals surface area (Å²) in [6, 6.07) is 6.97. The van der Waals surface area contributed by atoms with Crippen LogP contribution in [0.25, 0.3) is 0 Å². The van der Waals surface area contributed by atoms with Crippen LogP contribution in [0.1, 0.15) is 34.0 Å². The molecule has 0 radical (unpaired) electrons. The third-order valence-electron chi connectivity index (χ3n) is 5.00. The van der Waals surface area contributed by atoms with E-state index in [2.05, 4.69) is 10.3 Å². The Morgan fingerprint density at radius 3 is 2.68 bits per heavy atom. The number of nitrogens with one attached hydrogen (secondary N) is 1. The van der Waals surface area contributed by atoms with Gasteiger partial charge in [-0.3, -0.25) is 9.59 Å². The number of benzene rings is 1. The van der Waals surface area contributed by atoms with Gasteiger partial charge in [-0.2, -0.15) is 0 Å². The highest BCUT2D eigenvalue weighted by molar-refractivity contribution is 6.31. The van der Waals surface area contributed by atoms with Crippen LogP contribution in [0, 0.1) is 13.8 Å². The lowest BCUT2D eigenvalue weighted by Gasteiger charge is -2.12. The minimum atomic E-state index is -0.317. The molecular formula is C22H24Cl2N4O3. The average molecular weight is 463 g/mol. The van der Waals surface area contributed by atoms with E-state index in [1.807, 2.05) is 13.0 Å². The van der Waals surface area contributed by atoms with Crippen LogP contribution >= 0.6 is 23.2 Å². The molecule has 0 fully saturated rings. The van der Waals surface area contributed by atoms with E-state index < -0.39 is 0 Å². The highest BCUT2D eigenvalue weighted by Gasteiger charge is 2.15. The molecule has 3 aromatic rings. The number of aryl methyl sites for hydroxylation is 4. The smallest absolute Gasteiger partial charge is 0.255 e. The second-order valence-electron chi connectivity index (χ2n) is 7.20. The van der Waals surface area contributed by atoms with E-state index in [0.717, 1.165) is 22.6 Å². The van der Waals surface area contributed by atoms with Crippen LogP contribution in [0.2, 0.25) is 10.0 Å². The van der Waals surface area contributed by atoms with E-state index in [0.29, 0.717) is 30.4 Å². The summed E-state index contributed by atoms with van der Waals surface area (Å²) < 4.78 is 6.96. The van der Waals surface area contributed by atoms with Crippen molar-refractivity contribution >= 4 is 29.1 Å². The van der Waals surface area contributed by atoms with Crippen molar-refractivity contribution in [3.8, 4) is 0 Å². The number of hydrogen-bond acceptors (Lipinski definition) is 5. The van der Waals surface area contributed by atoms with Gasteiger partial charge in [-0.15, -0.1) is 0 Å². The van der Waals surface area contributed by atoms with Crippen molar-refractivity contribution in [1.29, 1.82) is 0 Å². The van der Waals surface area contributed by atoms with Crippen molar-refractivity contribution < 1.29 is 9.21 Å². The maximum absolute atomic E-state index is 12.9. The summed E-state index contributed by atoms with van der Waals surface area (Å²) in [5.74, 6) is 1.01. The van der Waals surface area contributed by atoms with Crippen molar-refractivity contribution in [2.24, 2.45) is 5.73 Å². The van der Waals surface area contributed by atoms with E-state index in [1.165, 1.54) is 4.57 Å². The van der Waals surface area contributed by atoms with Crippen LogP contribution in [0.3, 0.4) is 0 Å². The molecule has 1 aromatic carbocycles. The lowest BCUT2D eigenvalue weighted by atomic mass is 10.1. The number of oxazole rings is 1. The summed E-state index contributed by atoms with van der Waals surface area (Å²) in [6.07, 6.45) is 2.03. The molecule has 7 nitrogen and oxygen atoms in total. The second kappa shape index (κ2) is 10.1. The fourth-order valence-corrected chi connectivity index (χ4v) is 3.74. The number of hydrogen-bond donors (Lipinski definition) is 2. The third-order valence-corrected chi connectivity index (χ3v) is 5.59. The van der Waals surface area contributed by atoms with E-state index in [-0.39, 0.29) is 35.0 Å². The largest absolute Gasteiger partial charge is 0.446 e. The first-order valence-corrected chi connectivity index (χ1v) is 10.6. The molecule has 0 saturated heterocycles. The highest BCUT2D eigenvalue weighted by Crippen LogP contribution is 2.17. The molecule has 0 atom stereocenters.